The van der Waals surface area contributed by atoms with Gasteiger partial charge in [-0.3, -0.25) is 0 Å². The number of fused-ring (bicyclic) bond motifs is 1. The Kier molecular flexibility index (Phi) is 4.37. The zero-order chi connectivity index (χ0) is 17.1. The Morgan fingerprint density at radius 3 is 2.50 bits per heavy atom. The van der Waals surface area contributed by atoms with Crippen LogP contribution in [0.25, 0.3) is 10.9 Å². The molecule has 0 bridgehead atoms. The summed E-state index contributed by atoms with van der Waals surface area (Å²) in [6, 6.07) is 11.6. The van der Waals surface area contributed by atoms with Crippen molar-refractivity contribution in [3.63, 3.8) is 0 Å². The summed E-state index contributed by atoms with van der Waals surface area (Å²) in [4.78, 5) is 16.5. The molecule has 0 radical (unpaired) electrons. The number of hydrogen-bond acceptors (Lipinski definition) is 5. The van der Waals surface area contributed by atoms with E-state index in [4.69, 9.17) is 14.2 Å². The highest BCUT2D eigenvalue weighted by Gasteiger charge is 2.22. The minimum Gasteiger partial charge on any atom is -0.493 e. The second-order valence-electron chi connectivity index (χ2n) is 5.19. The van der Waals surface area contributed by atoms with Crippen LogP contribution in [0.15, 0.2) is 42.6 Å². The number of ether oxygens (including phenoxy) is 3. The van der Waals surface area contributed by atoms with Crippen LogP contribution in [-0.2, 0) is 11.3 Å². The Balaban J connectivity index is 2.28. The summed E-state index contributed by atoms with van der Waals surface area (Å²) < 4.78 is 17.6. The van der Waals surface area contributed by atoms with Crippen molar-refractivity contribution in [3.05, 3.63) is 53.9 Å². The fourth-order valence-electron chi connectivity index (χ4n) is 2.74. The molecular weight excluding hydrogens is 308 g/mol. The topological polar surface area (TPSA) is 62.6 Å². The highest BCUT2D eigenvalue weighted by molar-refractivity contribution is 5.99. The van der Waals surface area contributed by atoms with Crippen LogP contribution in [0.2, 0.25) is 0 Å². The minimum atomic E-state index is -0.425. The molecule has 124 valence electrons. The number of carbonyl (C=O) groups excluding carboxylic acids is 1. The van der Waals surface area contributed by atoms with Crippen LogP contribution in [0.4, 0.5) is 0 Å². The van der Waals surface area contributed by atoms with Crippen molar-refractivity contribution in [2.45, 2.75) is 6.54 Å². The average Bonchev–Trinajstić information content (AvgIpc) is 3.00. The molecular formula is C18H18N2O4. The van der Waals surface area contributed by atoms with E-state index in [1.165, 1.54) is 7.11 Å². The van der Waals surface area contributed by atoms with Crippen molar-refractivity contribution in [2.24, 2.45) is 0 Å². The number of benzene rings is 1. The standard InChI is InChI=1S/C18H18N2O4/c1-22-15-10-19-17(23-2)13-9-14(18(21)24-3)20(16(13)15)11-12-7-5-4-6-8-12/h4-10H,11H2,1-3H3. The smallest absolute Gasteiger partial charge is 0.354 e. The number of carbonyl (C=O) groups is 1. The molecule has 0 N–H and O–H groups in total. The van der Waals surface area contributed by atoms with Crippen molar-refractivity contribution in [3.8, 4) is 11.6 Å². The number of aromatic nitrogens is 2. The molecule has 0 atom stereocenters. The van der Waals surface area contributed by atoms with E-state index in [1.54, 1.807) is 26.5 Å². The van der Waals surface area contributed by atoms with E-state index < -0.39 is 5.97 Å². The minimum absolute atomic E-state index is 0.418. The number of methoxy groups -OCH3 is 3. The zero-order valence-electron chi connectivity index (χ0n) is 13.8. The van der Waals surface area contributed by atoms with Gasteiger partial charge in [-0.25, -0.2) is 9.78 Å². The molecule has 6 heteroatoms. The van der Waals surface area contributed by atoms with Crippen LogP contribution in [-0.4, -0.2) is 36.8 Å². The average molecular weight is 326 g/mol. The predicted molar refractivity (Wildman–Crippen MR) is 89.7 cm³/mol. The zero-order valence-corrected chi connectivity index (χ0v) is 13.8. The maximum atomic E-state index is 12.2. The van der Waals surface area contributed by atoms with E-state index in [-0.39, 0.29) is 0 Å². The van der Waals surface area contributed by atoms with Gasteiger partial charge >= 0.3 is 5.97 Å². The molecule has 0 aliphatic carbocycles. The van der Waals surface area contributed by atoms with Crippen LogP contribution in [0.3, 0.4) is 0 Å². The summed E-state index contributed by atoms with van der Waals surface area (Å²) in [7, 11) is 4.47. The summed E-state index contributed by atoms with van der Waals surface area (Å²) in [6.45, 7) is 0.498. The first kappa shape index (κ1) is 15.9. The van der Waals surface area contributed by atoms with Crippen molar-refractivity contribution in [1.82, 2.24) is 9.55 Å². The third-order valence-corrected chi connectivity index (χ3v) is 3.85. The molecule has 0 saturated carbocycles. The SMILES string of the molecule is COC(=O)c1cc2c(OC)ncc(OC)c2n1Cc1ccccc1. The maximum absolute atomic E-state index is 12.2. The van der Waals surface area contributed by atoms with Gasteiger partial charge in [0.25, 0.3) is 0 Å². The Hall–Kier alpha value is -3.02. The second kappa shape index (κ2) is 6.62. The van der Waals surface area contributed by atoms with Crippen LogP contribution < -0.4 is 9.47 Å². The van der Waals surface area contributed by atoms with Crippen LogP contribution in [0.5, 0.6) is 11.6 Å². The number of hydrogen-bond donors (Lipinski definition) is 0. The molecule has 0 aliphatic heterocycles. The fraction of sp³-hybridized carbons (Fsp3) is 0.222. The lowest BCUT2D eigenvalue weighted by molar-refractivity contribution is 0.0589. The molecule has 2 heterocycles. The van der Waals surface area contributed by atoms with Crippen molar-refractivity contribution >= 4 is 16.9 Å². The van der Waals surface area contributed by atoms with E-state index in [2.05, 4.69) is 4.98 Å². The van der Waals surface area contributed by atoms with Gasteiger partial charge in [-0.15, -0.1) is 0 Å². The van der Waals surface area contributed by atoms with E-state index in [0.29, 0.717) is 29.3 Å². The summed E-state index contributed by atoms with van der Waals surface area (Å²) in [5.41, 5.74) is 2.22. The van der Waals surface area contributed by atoms with Crippen LogP contribution in [0.1, 0.15) is 16.1 Å². The molecule has 0 spiro atoms. The molecule has 1 aromatic carbocycles. The Morgan fingerprint density at radius 2 is 1.88 bits per heavy atom. The van der Waals surface area contributed by atoms with E-state index in [0.717, 1.165) is 11.1 Å². The third kappa shape index (κ3) is 2.67. The number of nitrogens with zero attached hydrogens (tertiary/aromatic N) is 2. The van der Waals surface area contributed by atoms with Crippen molar-refractivity contribution in [1.29, 1.82) is 0 Å². The number of rotatable bonds is 5. The van der Waals surface area contributed by atoms with Gasteiger partial charge in [0.2, 0.25) is 5.88 Å². The largest absolute Gasteiger partial charge is 0.493 e. The predicted octanol–water partition coefficient (Wildman–Crippen LogP) is 2.89. The van der Waals surface area contributed by atoms with Gasteiger partial charge < -0.3 is 18.8 Å². The second-order valence-corrected chi connectivity index (χ2v) is 5.19. The van der Waals surface area contributed by atoms with E-state index in [1.807, 2.05) is 34.9 Å². The van der Waals surface area contributed by atoms with Gasteiger partial charge in [-0.1, -0.05) is 30.3 Å². The van der Waals surface area contributed by atoms with Gasteiger partial charge in [0.05, 0.1) is 38.4 Å². The summed E-state index contributed by atoms with van der Waals surface area (Å²) in [6.07, 6.45) is 1.59. The van der Waals surface area contributed by atoms with Gasteiger partial charge in [-0.2, -0.15) is 0 Å². The van der Waals surface area contributed by atoms with Gasteiger partial charge in [-0.05, 0) is 11.6 Å². The van der Waals surface area contributed by atoms with Gasteiger partial charge in [0.1, 0.15) is 5.69 Å². The molecule has 0 amide bonds. The molecule has 6 nitrogen and oxygen atoms in total. The first-order valence-electron chi connectivity index (χ1n) is 7.42. The van der Waals surface area contributed by atoms with E-state index >= 15 is 0 Å². The first-order valence-corrected chi connectivity index (χ1v) is 7.42. The summed E-state index contributed by atoms with van der Waals surface area (Å²) in [5.74, 6) is 0.575. The molecule has 0 fully saturated rings. The molecule has 0 saturated heterocycles. The number of esters is 1. The van der Waals surface area contributed by atoms with Crippen molar-refractivity contribution in [2.75, 3.05) is 21.3 Å². The number of pyridine rings is 1. The monoisotopic (exact) mass is 326 g/mol. The lowest BCUT2D eigenvalue weighted by Crippen LogP contribution is -2.11. The Morgan fingerprint density at radius 1 is 1.12 bits per heavy atom. The quantitative estimate of drug-likeness (QED) is 0.675. The van der Waals surface area contributed by atoms with Crippen molar-refractivity contribution < 1.29 is 19.0 Å². The van der Waals surface area contributed by atoms with Gasteiger partial charge in [0, 0.05) is 6.54 Å². The fourth-order valence-corrected chi connectivity index (χ4v) is 2.74. The molecule has 0 aliphatic rings. The van der Waals surface area contributed by atoms with Crippen LogP contribution in [0, 0.1) is 0 Å². The molecule has 2 aromatic heterocycles. The molecule has 3 rings (SSSR count). The highest BCUT2D eigenvalue weighted by atomic mass is 16.5. The molecule has 3 aromatic rings. The van der Waals surface area contributed by atoms with Crippen LogP contribution >= 0.6 is 0 Å². The summed E-state index contributed by atoms with van der Waals surface area (Å²) in [5, 5.41) is 0.702. The summed E-state index contributed by atoms with van der Waals surface area (Å²) >= 11 is 0. The lowest BCUT2D eigenvalue weighted by atomic mass is 10.2. The third-order valence-electron chi connectivity index (χ3n) is 3.85. The normalized spacial score (nSPS) is 10.6. The van der Waals surface area contributed by atoms with Gasteiger partial charge in [0.15, 0.2) is 5.75 Å². The first-order chi connectivity index (χ1) is 11.7. The highest BCUT2D eigenvalue weighted by Crippen LogP contribution is 2.34. The lowest BCUT2D eigenvalue weighted by Gasteiger charge is -2.12. The maximum Gasteiger partial charge on any atom is 0.354 e. The molecule has 24 heavy (non-hydrogen) atoms. The Bertz CT molecular complexity index is 872. The Labute approximate surface area is 139 Å². The van der Waals surface area contributed by atoms with E-state index in [9.17, 15) is 4.79 Å². The molecule has 0 unspecified atom stereocenters.